The number of fused-ring (bicyclic) bond motifs is 5. The van der Waals surface area contributed by atoms with Crippen molar-refractivity contribution in [2.45, 2.75) is 47.0 Å². The van der Waals surface area contributed by atoms with Crippen molar-refractivity contribution in [3.63, 3.8) is 0 Å². The standard InChI is InChI=1S/C26H25NS.C3H8/c1-3-15-26(2)16-14-17-8-4-5-9-18(17)24(27)23-21(26)13-12-20-19-10-6-7-11-22(19)28-25(20)23;1-3-2/h3-12,14-15,21H,13,16,27H2,1-2H3;3H2,1-2H3/b15-3?,17-14-,24-18-;. The summed E-state index contributed by atoms with van der Waals surface area (Å²) < 4.78 is 2.71. The summed E-state index contributed by atoms with van der Waals surface area (Å²) in [6.45, 7) is 8.77. The SMILES string of the molecule is CC=CC1(C)C/C=c2/cccc/c2=C(/N)C2=c3sc4ccccc4c3=CCC21.CCC. The fourth-order valence-electron chi connectivity index (χ4n) is 4.99. The average Bonchev–Trinajstić information content (AvgIpc) is 3.16. The Bertz CT molecular complexity index is 1370. The molecule has 2 atom stereocenters. The minimum absolute atomic E-state index is 0.0482. The van der Waals surface area contributed by atoms with E-state index in [9.17, 15) is 0 Å². The van der Waals surface area contributed by atoms with Crippen LogP contribution in [0.4, 0.5) is 0 Å². The quantitative estimate of drug-likeness (QED) is 0.555. The van der Waals surface area contributed by atoms with Crippen molar-refractivity contribution in [1.82, 2.24) is 0 Å². The van der Waals surface area contributed by atoms with Crippen LogP contribution in [0.1, 0.15) is 47.0 Å². The molecule has 2 aliphatic rings. The van der Waals surface area contributed by atoms with Crippen LogP contribution in [0.2, 0.25) is 0 Å². The maximum absolute atomic E-state index is 6.95. The zero-order valence-corrected chi connectivity index (χ0v) is 19.9. The lowest BCUT2D eigenvalue weighted by atomic mass is 9.66. The molecule has 1 nitrogen and oxygen atoms in total. The zero-order valence-electron chi connectivity index (χ0n) is 19.1. The molecule has 5 rings (SSSR count). The van der Waals surface area contributed by atoms with E-state index >= 15 is 0 Å². The number of hydrogen-bond acceptors (Lipinski definition) is 2. The van der Waals surface area contributed by atoms with Gasteiger partial charge in [0, 0.05) is 20.1 Å². The van der Waals surface area contributed by atoms with E-state index in [0.717, 1.165) is 18.5 Å². The van der Waals surface area contributed by atoms with E-state index in [1.807, 2.05) is 11.3 Å². The van der Waals surface area contributed by atoms with E-state index < -0.39 is 0 Å². The van der Waals surface area contributed by atoms with Gasteiger partial charge in [-0.25, -0.2) is 0 Å². The Morgan fingerprint density at radius 2 is 1.77 bits per heavy atom. The summed E-state index contributed by atoms with van der Waals surface area (Å²) in [5, 5.41) is 5.16. The van der Waals surface area contributed by atoms with Crippen LogP contribution < -0.4 is 25.9 Å². The predicted molar refractivity (Wildman–Crippen MR) is 138 cm³/mol. The molecule has 2 aromatic carbocycles. The molecule has 2 heteroatoms. The van der Waals surface area contributed by atoms with Gasteiger partial charge in [0.15, 0.2) is 0 Å². The maximum Gasteiger partial charge on any atom is 0.0443 e. The first-order chi connectivity index (χ1) is 15.0. The average molecular weight is 428 g/mol. The third-order valence-corrected chi connectivity index (χ3v) is 7.65. The number of rotatable bonds is 1. The van der Waals surface area contributed by atoms with Gasteiger partial charge in [0.1, 0.15) is 0 Å². The third-order valence-electron chi connectivity index (χ3n) is 6.43. The van der Waals surface area contributed by atoms with Crippen molar-refractivity contribution in [2.75, 3.05) is 0 Å². The van der Waals surface area contributed by atoms with Crippen molar-refractivity contribution in [2.24, 2.45) is 17.1 Å². The van der Waals surface area contributed by atoms with Crippen LogP contribution >= 0.6 is 11.3 Å². The lowest BCUT2D eigenvalue weighted by molar-refractivity contribution is 0.333. The molecule has 0 bridgehead atoms. The van der Waals surface area contributed by atoms with Gasteiger partial charge >= 0.3 is 0 Å². The summed E-state index contributed by atoms with van der Waals surface area (Å²) in [5.41, 5.74) is 9.30. The van der Waals surface area contributed by atoms with Gasteiger partial charge < -0.3 is 5.73 Å². The molecule has 0 fully saturated rings. The monoisotopic (exact) mass is 427 g/mol. The summed E-state index contributed by atoms with van der Waals surface area (Å²) in [4.78, 5) is 0. The van der Waals surface area contributed by atoms with Gasteiger partial charge in [-0.2, -0.15) is 0 Å². The van der Waals surface area contributed by atoms with Gasteiger partial charge in [0.25, 0.3) is 0 Å². The molecule has 2 aliphatic carbocycles. The molecule has 160 valence electrons. The van der Waals surface area contributed by atoms with Gasteiger partial charge in [-0.05, 0) is 58.6 Å². The number of hydrogen-bond donors (Lipinski definition) is 1. The maximum atomic E-state index is 6.95. The van der Waals surface area contributed by atoms with Gasteiger partial charge in [-0.1, -0.05) is 94.0 Å². The lowest BCUT2D eigenvalue weighted by Gasteiger charge is -2.38. The first-order valence-corrected chi connectivity index (χ1v) is 12.3. The summed E-state index contributed by atoms with van der Waals surface area (Å²) in [6, 6.07) is 17.3. The van der Waals surface area contributed by atoms with Crippen LogP contribution in [0.5, 0.6) is 0 Å². The summed E-state index contributed by atoms with van der Waals surface area (Å²) in [6.07, 6.45) is 12.7. The van der Waals surface area contributed by atoms with E-state index in [1.165, 1.54) is 42.3 Å². The Kier molecular flexibility index (Phi) is 6.20. The Hall–Kier alpha value is -2.58. The fraction of sp³-hybridized carbons (Fsp3) is 0.310. The number of thiophene rings is 1. The van der Waals surface area contributed by atoms with Crippen molar-refractivity contribution >= 4 is 44.8 Å². The number of benzene rings is 2. The van der Waals surface area contributed by atoms with Crippen LogP contribution in [0, 0.1) is 11.3 Å². The Balaban J connectivity index is 0.000000730. The van der Waals surface area contributed by atoms with Crippen LogP contribution in [0.25, 0.3) is 33.5 Å². The second kappa shape index (κ2) is 8.88. The zero-order chi connectivity index (χ0) is 22.0. The van der Waals surface area contributed by atoms with Crippen LogP contribution in [-0.4, -0.2) is 0 Å². The lowest BCUT2D eigenvalue weighted by Crippen LogP contribution is -2.42. The van der Waals surface area contributed by atoms with Gasteiger partial charge in [-0.15, -0.1) is 11.3 Å². The molecule has 2 N–H and O–H groups in total. The first-order valence-electron chi connectivity index (χ1n) is 11.4. The molecule has 0 amide bonds. The smallest absolute Gasteiger partial charge is 0.0443 e. The molecular formula is C29H33NS. The predicted octanol–water partition coefficient (Wildman–Crippen LogP) is 4.80. The highest BCUT2D eigenvalue weighted by atomic mass is 32.1. The third kappa shape index (κ3) is 3.78. The summed E-state index contributed by atoms with van der Waals surface area (Å²) in [5.74, 6) is 0.383. The highest BCUT2D eigenvalue weighted by Crippen LogP contribution is 2.44. The molecule has 0 aliphatic heterocycles. The highest BCUT2D eigenvalue weighted by molar-refractivity contribution is 7.17. The second-order valence-electron chi connectivity index (χ2n) is 8.87. The molecule has 0 spiro atoms. The number of nitrogens with two attached hydrogens (primary N) is 1. The topological polar surface area (TPSA) is 26.0 Å². The van der Waals surface area contributed by atoms with Crippen LogP contribution in [0.15, 0.2) is 60.7 Å². The highest BCUT2D eigenvalue weighted by Gasteiger charge is 2.36. The van der Waals surface area contributed by atoms with Crippen molar-refractivity contribution in [3.05, 3.63) is 80.9 Å². The van der Waals surface area contributed by atoms with Crippen molar-refractivity contribution in [3.8, 4) is 0 Å². The summed E-state index contributed by atoms with van der Waals surface area (Å²) >= 11 is 1.90. The fourth-order valence-corrected chi connectivity index (χ4v) is 6.31. The summed E-state index contributed by atoms with van der Waals surface area (Å²) in [7, 11) is 0. The Morgan fingerprint density at radius 3 is 2.55 bits per heavy atom. The van der Waals surface area contributed by atoms with Gasteiger partial charge in [0.05, 0.1) is 0 Å². The first kappa shape index (κ1) is 21.6. The molecule has 0 radical (unpaired) electrons. The molecule has 3 aromatic rings. The molecule has 0 saturated carbocycles. The normalized spacial score (nSPS) is 25.1. The molecule has 2 unspecified atom stereocenters. The minimum Gasteiger partial charge on any atom is -0.398 e. The number of allylic oxidation sites excluding steroid dienone is 2. The molecule has 0 saturated heterocycles. The van der Waals surface area contributed by atoms with E-state index in [1.54, 1.807) is 0 Å². The van der Waals surface area contributed by atoms with Gasteiger partial charge in [-0.3, -0.25) is 0 Å². The van der Waals surface area contributed by atoms with Crippen molar-refractivity contribution in [1.29, 1.82) is 0 Å². The molecular weight excluding hydrogens is 394 g/mol. The van der Waals surface area contributed by atoms with Crippen LogP contribution in [-0.2, 0) is 0 Å². The van der Waals surface area contributed by atoms with Crippen LogP contribution in [0.3, 0.4) is 0 Å². The Labute approximate surface area is 189 Å². The molecule has 1 aromatic heterocycles. The van der Waals surface area contributed by atoms with E-state index in [-0.39, 0.29) is 5.41 Å². The largest absolute Gasteiger partial charge is 0.398 e. The van der Waals surface area contributed by atoms with Gasteiger partial charge in [0.2, 0.25) is 0 Å². The minimum atomic E-state index is 0.0482. The Morgan fingerprint density at radius 1 is 1.06 bits per heavy atom. The van der Waals surface area contributed by atoms with E-state index in [4.69, 9.17) is 5.73 Å². The van der Waals surface area contributed by atoms with E-state index in [2.05, 4.69) is 101 Å². The van der Waals surface area contributed by atoms with E-state index in [0.29, 0.717) is 5.92 Å². The van der Waals surface area contributed by atoms with Crippen molar-refractivity contribution < 1.29 is 0 Å². The second-order valence-corrected chi connectivity index (χ2v) is 9.92. The molecule has 31 heavy (non-hydrogen) atoms. The molecule has 1 heterocycles.